The summed E-state index contributed by atoms with van der Waals surface area (Å²) < 4.78 is 16.3. The largest absolute Gasteiger partial charge is 0.462 e. The van der Waals surface area contributed by atoms with Gasteiger partial charge in [-0.1, -0.05) is 0 Å². The van der Waals surface area contributed by atoms with Gasteiger partial charge in [0.2, 0.25) is 11.9 Å². The zero-order valence-electron chi connectivity index (χ0n) is 17.1. The molecule has 0 bridgehead atoms. The van der Waals surface area contributed by atoms with Crippen molar-refractivity contribution in [1.82, 2.24) is 15.0 Å². The zero-order valence-corrected chi connectivity index (χ0v) is 17.1. The highest BCUT2D eigenvalue weighted by Gasteiger charge is 2.19. The van der Waals surface area contributed by atoms with Gasteiger partial charge >= 0.3 is 12.0 Å². The molecule has 156 valence electrons. The molecule has 1 aliphatic heterocycles. The molecule has 1 saturated heterocycles. The van der Waals surface area contributed by atoms with Gasteiger partial charge in [0.25, 0.3) is 0 Å². The number of hydrogen-bond acceptors (Lipinski definition) is 9. The number of morpholine rings is 1. The maximum absolute atomic E-state index is 11.8. The molecule has 9 nitrogen and oxygen atoms in total. The summed E-state index contributed by atoms with van der Waals surface area (Å²) in [5, 5.41) is 0. The van der Waals surface area contributed by atoms with Gasteiger partial charge in [0, 0.05) is 26.2 Å². The smallest absolute Gasteiger partial charge is 0.338 e. The van der Waals surface area contributed by atoms with Crippen molar-refractivity contribution >= 4 is 17.9 Å². The molecule has 0 unspecified atom stereocenters. The van der Waals surface area contributed by atoms with E-state index >= 15 is 0 Å². The molecular weight excluding hydrogens is 374 g/mol. The highest BCUT2D eigenvalue weighted by atomic mass is 16.5. The molecule has 29 heavy (non-hydrogen) atoms. The van der Waals surface area contributed by atoms with E-state index in [4.69, 9.17) is 14.2 Å². The van der Waals surface area contributed by atoms with Crippen molar-refractivity contribution in [3.8, 4) is 11.8 Å². The fraction of sp³-hybridized carbons (Fsp3) is 0.500. The minimum Gasteiger partial charge on any atom is -0.462 e. The van der Waals surface area contributed by atoms with Gasteiger partial charge in [-0.3, -0.25) is 0 Å². The Bertz CT molecular complexity index is 805. The number of ether oxygens (including phenoxy) is 3. The zero-order chi connectivity index (χ0) is 20.6. The molecule has 9 heteroatoms. The molecule has 0 spiro atoms. The number of carbonyl (C=O) groups excluding carboxylic acids is 1. The predicted molar refractivity (Wildman–Crippen MR) is 109 cm³/mol. The first kappa shape index (κ1) is 20.8. The quantitative estimate of drug-likeness (QED) is 0.619. The lowest BCUT2D eigenvalue weighted by Crippen LogP contribution is -2.38. The number of esters is 1. The lowest BCUT2D eigenvalue weighted by atomic mass is 10.2. The number of anilines is 2. The standard InChI is InChI=1S/C20H27N5O4/c1-4-24(5-2)18-21-19(25-11-13-27-14-12-25)23-20(22-18)29-16-9-7-15(8-10-16)17(26)28-6-3/h7-10H,4-6,11-14H2,1-3H3. The minimum absolute atomic E-state index is 0.215. The second-order valence-electron chi connectivity index (χ2n) is 6.34. The summed E-state index contributed by atoms with van der Waals surface area (Å²) in [6.45, 7) is 10.5. The van der Waals surface area contributed by atoms with Crippen LogP contribution in [0.5, 0.6) is 11.8 Å². The van der Waals surface area contributed by atoms with Crippen LogP contribution < -0.4 is 14.5 Å². The Morgan fingerprint density at radius 2 is 1.76 bits per heavy atom. The van der Waals surface area contributed by atoms with E-state index in [1.807, 2.05) is 4.90 Å². The number of rotatable bonds is 8. The molecule has 3 rings (SSSR count). The Kier molecular flexibility index (Phi) is 7.18. The molecule has 0 N–H and O–H groups in total. The van der Waals surface area contributed by atoms with Crippen molar-refractivity contribution < 1.29 is 19.0 Å². The third-order valence-corrected chi connectivity index (χ3v) is 4.51. The van der Waals surface area contributed by atoms with E-state index in [1.54, 1.807) is 31.2 Å². The Balaban J connectivity index is 1.85. The molecule has 0 atom stereocenters. The van der Waals surface area contributed by atoms with E-state index in [0.717, 1.165) is 26.2 Å². The summed E-state index contributed by atoms with van der Waals surface area (Å²) in [5.41, 5.74) is 0.465. The predicted octanol–water partition coefficient (Wildman–Crippen LogP) is 2.52. The van der Waals surface area contributed by atoms with E-state index in [2.05, 4.69) is 33.7 Å². The molecule has 2 aromatic rings. The fourth-order valence-corrected chi connectivity index (χ4v) is 2.91. The van der Waals surface area contributed by atoms with E-state index in [9.17, 15) is 4.79 Å². The number of hydrogen-bond donors (Lipinski definition) is 0. The van der Waals surface area contributed by atoms with Gasteiger partial charge in [0.1, 0.15) is 5.75 Å². The van der Waals surface area contributed by atoms with Crippen LogP contribution in [0.2, 0.25) is 0 Å². The molecule has 0 amide bonds. The molecule has 0 aliphatic carbocycles. The molecule has 1 aromatic carbocycles. The van der Waals surface area contributed by atoms with Crippen LogP contribution in [0.1, 0.15) is 31.1 Å². The normalized spacial score (nSPS) is 13.8. The summed E-state index contributed by atoms with van der Waals surface area (Å²) in [6.07, 6.45) is 0. The molecule has 1 aromatic heterocycles. The second-order valence-corrected chi connectivity index (χ2v) is 6.34. The molecule has 1 fully saturated rings. The van der Waals surface area contributed by atoms with Crippen LogP contribution in [0, 0.1) is 0 Å². The number of aromatic nitrogens is 3. The van der Waals surface area contributed by atoms with E-state index in [1.165, 1.54) is 0 Å². The minimum atomic E-state index is -0.363. The highest BCUT2D eigenvalue weighted by Crippen LogP contribution is 2.23. The van der Waals surface area contributed by atoms with Crippen LogP contribution in [-0.2, 0) is 9.47 Å². The average molecular weight is 401 g/mol. The SMILES string of the molecule is CCOC(=O)c1ccc(Oc2nc(N(CC)CC)nc(N3CCOCC3)n2)cc1. The van der Waals surface area contributed by atoms with Crippen molar-refractivity contribution in [2.45, 2.75) is 20.8 Å². The lowest BCUT2D eigenvalue weighted by Gasteiger charge is -2.28. The molecule has 2 heterocycles. The average Bonchev–Trinajstić information content (AvgIpc) is 2.76. The van der Waals surface area contributed by atoms with Crippen LogP contribution in [0.3, 0.4) is 0 Å². The first-order valence-corrected chi connectivity index (χ1v) is 9.93. The number of carbonyl (C=O) groups is 1. The Morgan fingerprint density at radius 1 is 1.07 bits per heavy atom. The van der Waals surface area contributed by atoms with E-state index in [-0.39, 0.29) is 12.0 Å². The molecule has 0 radical (unpaired) electrons. The first-order valence-electron chi connectivity index (χ1n) is 9.93. The topological polar surface area (TPSA) is 89.9 Å². The molecule has 0 saturated carbocycles. The maximum Gasteiger partial charge on any atom is 0.338 e. The Morgan fingerprint density at radius 3 is 2.38 bits per heavy atom. The van der Waals surface area contributed by atoms with Crippen LogP contribution in [0.25, 0.3) is 0 Å². The van der Waals surface area contributed by atoms with Crippen LogP contribution in [-0.4, -0.2) is 66.9 Å². The Hall–Kier alpha value is -2.94. The van der Waals surface area contributed by atoms with Crippen molar-refractivity contribution in [3.05, 3.63) is 29.8 Å². The van der Waals surface area contributed by atoms with Gasteiger partial charge in [-0.25, -0.2) is 4.79 Å². The third-order valence-electron chi connectivity index (χ3n) is 4.51. The van der Waals surface area contributed by atoms with Crippen molar-refractivity contribution in [3.63, 3.8) is 0 Å². The summed E-state index contributed by atoms with van der Waals surface area (Å²) in [7, 11) is 0. The van der Waals surface area contributed by atoms with Gasteiger partial charge in [-0.2, -0.15) is 15.0 Å². The van der Waals surface area contributed by atoms with E-state index < -0.39 is 0 Å². The molecular formula is C20H27N5O4. The fourth-order valence-electron chi connectivity index (χ4n) is 2.91. The van der Waals surface area contributed by atoms with Crippen LogP contribution in [0.4, 0.5) is 11.9 Å². The monoisotopic (exact) mass is 401 g/mol. The van der Waals surface area contributed by atoms with Gasteiger partial charge in [-0.05, 0) is 45.0 Å². The van der Waals surface area contributed by atoms with Crippen molar-refractivity contribution in [2.75, 3.05) is 55.8 Å². The lowest BCUT2D eigenvalue weighted by molar-refractivity contribution is 0.0526. The highest BCUT2D eigenvalue weighted by molar-refractivity contribution is 5.89. The van der Waals surface area contributed by atoms with Gasteiger partial charge in [0.05, 0.1) is 25.4 Å². The number of nitrogens with zero attached hydrogens (tertiary/aromatic N) is 5. The van der Waals surface area contributed by atoms with Crippen molar-refractivity contribution in [1.29, 1.82) is 0 Å². The maximum atomic E-state index is 11.8. The molecule has 1 aliphatic rings. The number of benzene rings is 1. The first-order chi connectivity index (χ1) is 14.1. The van der Waals surface area contributed by atoms with Crippen LogP contribution >= 0.6 is 0 Å². The van der Waals surface area contributed by atoms with Gasteiger partial charge in [0.15, 0.2) is 0 Å². The third kappa shape index (κ3) is 5.32. The summed E-state index contributed by atoms with van der Waals surface area (Å²) in [6, 6.07) is 6.92. The Labute approximate surface area is 170 Å². The van der Waals surface area contributed by atoms with Crippen molar-refractivity contribution in [2.24, 2.45) is 0 Å². The van der Waals surface area contributed by atoms with Gasteiger partial charge in [-0.15, -0.1) is 0 Å². The van der Waals surface area contributed by atoms with Crippen LogP contribution in [0.15, 0.2) is 24.3 Å². The summed E-state index contributed by atoms with van der Waals surface area (Å²) >= 11 is 0. The summed E-state index contributed by atoms with van der Waals surface area (Å²) in [4.78, 5) is 29.5. The summed E-state index contributed by atoms with van der Waals surface area (Å²) in [5.74, 6) is 1.31. The van der Waals surface area contributed by atoms with Gasteiger partial charge < -0.3 is 24.0 Å². The second kappa shape index (κ2) is 10.0. The van der Waals surface area contributed by atoms with E-state index in [0.29, 0.717) is 43.0 Å².